The van der Waals surface area contributed by atoms with E-state index in [1.54, 1.807) is 23.0 Å². The second-order valence-corrected chi connectivity index (χ2v) is 15.2. The summed E-state index contributed by atoms with van der Waals surface area (Å²) in [5.41, 5.74) is 4.44. The smallest absolute Gasteiger partial charge is 0.323 e. The Morgan fingerprint density at radius 1 is 0.966 bits per heavy atom. The standard InChI is InChI=1S/C40H41FN12O6/c41-28-19-25(45-40(58)46-29-21-42-31-12-13-44-53(31)36(29)23-4-1-2-5-23)20-43-35(28)37-48-33(59-49-37)6-3-7-34(55)51-16-14-50(15-17-51)26-8-9-27-24(18-26)22-52(39(27)57)30-10-11-32(54)47-38(30)56/h8-9,12-13,18-21,23,30H,1-7,10-11,14-17,22H2,(H2,45,46,58)(H,47,54,56). The lowest BCUT2D eigenvalue weighted by molar-refractivity contribution is -0.137. The molecule has 1 aliphatic carbocycles. The van der Waals surface area contributed by atoms with Gasteiger partial charge in [-0.3, -0.25) is 24.5 Å². The number of aromatic nitrogens is 6. The number of hydrogen-bond acceptors (Lipinski definition) is 12. The molecule has 4 aliphatic rings. The second kappa shape index (κ2) is 15.9. The van der Waals surface area contributed by atoms with Gasteiger partial charge in [0.1, 0.15) is 11.7 Å². The Morgan fingerprint density at radius 2 is 1.80 bits per heavy atom. The molecule has 7 heterocycles. The minimum absolute atomic E-state index is 0.00313. The number of fused-ring (bicyclic) bond motifs is 2. The van der Waals surface area contributed by atoms with E-state index in [-0.39, 0.29) is 59.6 Å². The van der Waals surface area contributed by atoms with Crippen LogP contribution in [0.5, 0.6) is 0 Å². The van der Waals surface area contributed by atoms with E-state index < -0.39 is 23.8 Å². The number of hydrogen-bond donors (Lipinski definition) is 3. The number of amides is 6. The van der Waals surface area contributed by atoms with Crippen LogP contribution in [0.2, 0.25) is 0 Å². The van der Waals surface area contributed by atoms with Crippen molar-refractivity contribution in [2.24, 2.45) is 0 Å². The summed E-state index contributed by atoms with van der Waals surface area (Å²) in [7, 11) is 0. The molecule has 1 unspecified atom stereocenters. The van der Waals surface area contributed by atoms with Crippen LogP contribution in [0.25, 0.3) is 17.2 Å². The van der Waals surface area contributed by atoms with E-state index in [0.717, 1.165) is 48.7 Å². The lowest BCUT2D eigenvalue weighted by atomic mass is 10.0. The van der Waals surface area contributed by atoms with E-state index in [2.05, 4.69) is 46.1 Å². The van der Waals surface area contributed by atoms with E-state index in [4.69, 9.17) is 4.52 Å². The first kappa shape index (κ1) is 37.8. The van der Waals surface area contributed by atoms with Crippen molar-refractivity contribution in [3.8, 4) is 11.5 Å². The molecule has 3 N–H and O–H groups in total. The van der Waals surface area contributed by atoms with Crippen LogP contribution in [0.1, 0.15) is 84.8 Å². The molecule has 59 heavy (non-hydrogen) atoms. The fourth-order valence-corrected chi connectivity index (χ4v) is 8.51. The Morgan fingerprint density at radius 3 is 2.59 bits per heavy atom. The van der Waals surface area contributed by atoms with Gasteiger partial charge in [-0.15, -0.1) is 0 Å². The first-order valence-electron chi connectivity index (χ1n) is 19.9. The minimum Gasteiger partial charge on any atom is -0.368 e. The lowest BCUT2D eigenvalue weighted by Crippen LogP contribution is -2.52. The van der Waals surface area contributed by atoms with Crippen molar-refractivity contribution in [2.45, 2.75) is 76.3 Å². The van der Waals surface area contributed by atoms with Gasteiger partial charge in [0, 0.05) is 81.3 Å². The number of imide groups is 1. The number of carbonyl (C=O) groups excluding carboxylic acids is 5. The van der Waals surface area contributed by atoms with Crippen molar-refractivity contribution in [1.82, 2.24) is 44.8 Å². The predicted octanol–water partition coefficient (Wildman–Crippen LogP) is 4.05. The van der Waals surface area contributed by atoms with Crippen LogP contribution in [0.4, 0.5) is 26.2 Å². The number of nitrogens with one attached hydrogen (secondary N) is 3. The third-order valence-corrected chi connectivity index (χ3v) is 11.5. The van der Waals surface area contributed by atoms with Crippen LogP contribution >= 0.6 is 0 Å². The highest BCUT2D eigenvalue weighted by Gasteiger charge is 2.39. The molecule has 0 bridgehead atoms. The number of urea groups is 1. The molecule has 0 radical (unpaired) electrons. The average molecular weight is 805 g/mol. The molecule has 0 spiro atoms. The number of anilines is 3. The van der Waals surface area contributed by atoms with Crippen molar-refractivity contribution < 1.29 is 32.9 Å². The van der Waals surface area contributed by atoms with Gasteiger partial charge in [0.2, 0.25) is 29.4 Å². The molecule has 5 aromatic rings. The first-order valence-corrected chi connectivity index (χ1v) is 19.9. The minimum atomic E-state index is -0.752. The molecule has 6 amide bonds. The lowest BCUT2D eigenvalue weighted by Gasteiger charge is -2.36. The van der Waals surface area contributed by atoms with Gasteiger partial charge in [-0.2, -0.15) is 10.1 Å². The van der Waals surface area contributed by atoms with E-state index in [1.807, 2.05) is 23.1 Å². The van der Waals surface area contributed by atoms with E-state index >= 15 is 4.39 Å². The van der Waals surface area contributed by atoms with Gasteiger partial charge in [-0.25, -0.2) is 23.7 Å². The first-order chi connectivity index (χ1) is 28.7. The number of piperidine rings is 1. The molecule has 3 fully saturated rings. The maximum Gasteiger partial charge on any atom is 0.323 e. The number of aryl methyl sites for hydroxylation is 1. The summed E-state index contributed by atoms with van der Waals surface area (Å²) in [4.78, 5) is 81.5. The zero-order valence-electron chi connectivity index (χ0n) is 32.0. The number of piperazine rings is 1. The van der Waals surface area contributed by atoms with Gasteiger partial charge in [-0.1, -0.05) is 18.0 Å². The van der Waals surface area contributed by atoms with Crippen LogP contribution in [0, 0.1) is 5.82 Å². The number of benzene rings is 1. The third-order valence-electron chi connectivity index (χ3n) is 11.5. The monoisotopic (exact) mass is 804 g/mol. The zero-order chi connectivity index (χ0) is 40.6. The number of rotatable bonds is 10. The van der Waals surface area contributed by atoms with Crippen LogP contribution in [-0.4, -0.2) is 101 Å². The fraction of sp³-hybridized carbons (Fsp3) is 0.400. The summed E-state index contributed by atoms with van der Waals surface area (Å²) in [6.07, 6.45) is 10.3. The quantitative estimate of drug-likeness (QED) is 0.171. The van der Waals surface area contributed by atoms with E-state index in [0.29, 0.717) is 68.9 Å². The van der Waals surface area contributed by atoms with Crippen molar-refractivity contribution in [1.29, 1.82) is 0 Å². The number of halogens is 1. The predicted molar refractivity (Wildman–Crippen MR) is 209 cm³/mol. The van der Waals surface area contributed by atoms with Crippen molar-refractivity contribution in [3.63, 3.8) is 0 Å². The van der Waals surface area contributed by atoms with E-state index in [1.165, 1.54) is 11.1 Å². The number of nitrogens with zero attached hydrogens (tertiary/aromatic N) is 9. The molecule has 1 aromatic carbocycles. The topological polar surface area (TPSA) is 213 Å². The Bertz CT molecular complexity index is 2470. The fourth-order valence-electron chi connectivity index (χ4n) is 8.51. The summed E-state index contributed by atoms with van der Waals surface area (Å²) in [6.45, 7) is 2.58. The van der Waals surface area contributed by atoms with Gasteiger partial charge >= 0.3 is 6.03 Å². The maximum absolute atomic E-state index is 15.2. The van der Waals surface area contributed by atoms with Gasteiger partial charge in [0.25, 0.3) is 5.91 Å². The summed E-state index contributed by atoms with van der Waals surface area (Å²) in [5, 5.41) is 16.1. The Kier molecular flexibility index (Phi) is 10.2. The average Bonchev–Trinajstić information content (AvgIpc) is 4.07. The van der Waals surface area contributed by atoms with Crippen LogP contribution < -0.4 is 20.9 Å². The molecular weight excluding hydrogens is 764 g/mol. The van der Waals surface area contributed by atoms with Gasteiger partial charge in [0.05, 0.1) is 35.7 Å². The van der Waals surface area contributed by atoms with Crippen molar-refractivity contribution in [3.05, 3.63) is 77.5 Å². The second-order valence-electron chi connectivity index (χ2n) is 15.2. The SMILES string of the molecule is O=C1CCC(N2Cc3cc(N4CCN(C(=O)CCCc5nc(-c6ncc(NC(=O)Nc7cnc8ccnn8c7C7CCCC7)cc6F)no5)CC4)ccc3C2=O)C(=O)N1. The summed E-state index contributed by atoms with van der Waals surface area (Å²) in [6, 6.07) is 7.34. The molecule has 2 saturated heterocycles. The Hall–Kier alpha value is -6.79. The molecule has 19 heteroatoms. The molecule has 3 aliphatic heterocycles. The molecule has 1 atom stereocenters. The summed E-state index contributed by atoms with van der Waals surface area (Å²) >= 11 is 0. The van der Waals surface area contributed by atoms with Crippen LogP contribution in [0.3, 0.4) is 0 Å². The highest BCUT2D eigenvalue weighted by Crippen LogP contribution is 2.38. The highest BCUT2D eigenvalue weighted by molar-refractivity contribution is 6.05. The molecular formula is C40H41FN12O6. The zero-order valence-corrected chi connectivity index (χ0v) is 32.0. The molecule has 304 valence electrons. The molecule has 4 aromatic heterocycles. The van der Waals surface area contributed by atoms with Crippen LogP contribution in [0.15, 0.2) is 53.4 Å². The van der Waals surface area contributed by atoms with Gasteiger partial charge < -0.3 is 29.9 Å². The summed E-state index contributed by atoms with van der Waals surface area (Å²) in [5.74, 6) is -1.30. The van der Waals surface area contributed by atoms with Crippen LogP contribution in [-0.2, 0) is 27.3 Å². The number of pyridine rings is 1. The third kappa shape index (κ3) is 7.66. The Labute approximate surface area is 336 Å². The van der Waals surface area contributed by atoms with Crippen molar-refractivity contribution >= 4 is 52.4 Å². The van der Waals surface area contributed by atoms with Gasteiger partial charge in [0.15, 0.2) is 11.5 Å². The Balaban J connectivity index is 0.739. The number of carbonyl (C=O) groups is 5. The molecule has 1 saturated carbocycles. The molecule has 9 rings (SSSR count). The van der Waals surface area contributed by atoms with E-state index in [9.17, 15) is 24.0 Å². The summed E-state index contributed by atoms with van der Waals surface area (Å²) < 4.78 is 22.3. The maximum atomic E-state index is 15.2. The highest BCUT2D eigenvalue weighted by atomic mass is 19.1. The normalized spacial score (nSPS) is 18.4. The molecule has 18 nitrogen and oxygen atoms in total. The largest absolute Gasteiger partial charge is 0.368 e. The van der Waals surface area contributed by atoms with Gasteiger partial charge in [-0.05, 0) is 49.4 Å². The van der Waals surface area contributed by atoms with Crippen molar-refractivity contribution in [2.75, 3.05) is 41.7 Å².